The third-order valence-electron chi connectivity index (χ3n) is 5.04. The van der Waals surface area contributed by atoms with Gasteiger partial charge in [-0.15, -0.1) is 0 Å². The maximum atomic E-state index is 12.3. The number of rotatable bonds is 6. The Morgan fingerprint density at radius 3 is 3.00 bits per heavy atom. The lowest BCUT2D eigenvalue weighted by atomic mass is 10.1. The minimum absolute atomic E-state index is 0.0272. The molecule has 2 aromatic heterocycles. The molecular weight excluding hydrogens is 322 g/mol. The maximum absolute atomic E-state index is 12.3. The standard InChI is InChI=1S/C17H23N5O3/c23-14(19-12-8-10-24-16(12)13-7-9-18-21-13)5-6-15-20-17(22-25-15)11-3-1-2-4-11/h7,9,11-12,16H,1-6,8,10H2,(H,18,21)(H,19,23)/t12-,16-/m1/s1. The first-order valence-electron chi connectivity index (χ1n) is 9.02. The molecule has 0 bridgehead atoms. The smallest absolute Gasteiger partial charge is 0.227 e. The van der Waals surface area contributed by atoms with Crippen molar-refractivity contribution in [1.82, 2.24) is 25.7 Å². The van der Waals surface area contributed by atoms with Crippen LogP contribution in [0.25, 0.3) is 0 Å². The first kappa shape index (κ1) is 16.3. The Bertz CT molecular complexity index is 693. The Hall–Kier alpha value is -2.22. The lowest BCUT2D eigenvalue weighted by Gasteiger charge is -2.18. The van der Waals surface area contributed by atoms with E-state index in [0.29, 0.717) is 31.3 Å². The lowest BCUT2D eigenvalue weighted by molar-refractivity contribution is -0.122. The summed E-state index contributed by atoms with van der Waals surface area (Å²) in [7, 11) is 0. The van der Waals surface area contributed by atoms with Crippen LogP contribution in [0.1, 0.15) is 68.0 Å². The van der Waals surface area contributed by atoms with Gasteiger partial charge in [-0.1, -0.05) is 18.0 Å². The second-order valence-corrected chi connectivity index (χ2v) is 6.79. The molecule has 2 N–H and O–H groups in total. The van der Waals surface area contributed by atoms with E-state index in [1.54, 1.807) is 6.20 Å². The summed E-state index contributed by atoms with van der Waals surface area (Å²) in [6.45, 7) is 0.628. The molecule has 0 aromatic carbocycles. The van der Waals surface area contributed by atoms with Crippen LogP contribution < -0.4 is 5.32 Å². The molecule has 8 nitrogen and oxygen atoms in total. The molecule has 1 saturated carbocycles. The van der Waals surface area contributed by atoms with E-state index < -0.39 is 0 Å². The average molecular weight is 345 g/mol. The molecule has 2 atom stereocenters. The minimum Gasteiger partial charge on any atom is -0.370 e. The van der Waals surface area contributed by atoms with Gasteiger partial charge in [-0.2, -0.15) is 10.1 Å². The fraction of sp³-hybridized carbons (Fsp3) is 0.647. The first-order valence-corrected chi connectivity index (χ1v) is 9.02. The van der Waals surface area contributed by atoms with E-state index in [2.05, 4.69) is 25.7 Å². The molecule has 3 heterocycles. The minimum atomic E-state index is -0.163. The molecule has 4 rings (SSSR count). The first-order chi connectivity index (χ1) is 12.3. The van der Waals surface area contributed by atoms with Gasteiger partial charge in [-0.25, -0.2) is 0 Å². The summed E-state index contributed by atoms with van der Waals surface area (Å²) >= 11 is 0. The quantitative estimate of drug-likeness (QED) is 0.830. The van der Waals surface area contributed by atoms with Gasteiger partial charge in [-0.05, 0) is 25.3 Å². The van der Waals surface area contributed by atoms with E-state index in [4.69, 9.17) is 9.26 Å². The zero-order chi connectivity index (χ0) is 17.1. The number of hydrogen-bond donors (Lipinski definition) is 2. The van der Waals surface area contributed by atoms with Crippen molar-refractivity contribution in [3.63, 3.8) is 0 Å². The average Bonchev–Trinajstić information content (AvgIpc) is 3.40. The van der Waals surface area contributed by atoms with E-state index in [9.17, 15) is 4.79 Å². The van der Waals surface area contributed by atoms with Crippen molar-refractivity contribution in [2.75, 3.05) is 6.61 Å². The van der Waals surface area contributed by atoms with Gasteiger partial charge in [0.15, 0.2) is 5.82 Å². The SMILES string of the molecule is O=C(CCc1nc(C2CCCC2)no1)N[C@@H]1CCO[C@H]1c1ccn[nH]1. The van der Waals surface area contributed by atoms with Gasteiger partial charge in [-0.3, -0.25) is 9.89 Å². The summed E-state index contributed by atoms with van der Waals surface area (Å²) < 4.78 is 11.0. The Kier molecular flexibility index (Phi) is 4.78. The van der Waals surface area contributed by atoms with Crippen molar-refractivity contribution in [3.05, 3.63) is 29.7 Å². The molecule has 0 spiro atoms. The van der Waals surface area contributed by atoms with Crippen molar-refractivity contribution in [2.45, 2.75) is 63.0 Å². The molecule has 0 unspecified atom stereocenters. The van der Waals surface area contributed by atoms with E-state index >= 15 is 0 Å². The van der Waals surface area contributed by atoms with Crippen LogP contribution in [0.15, 0.2) is 16.8 Å². The van der Waals surface area contributed by atoms with Gasteiger partial charge in [0, 0.05) is 31.6 Å². The van der Waals surface area contributed by atoms with Crippen LogP contribution in [0.3, 0.4) is 0 Å². The highest BCUT2D eigenvalue weighted by molar-refractivity contribution is 5.76. The Labute approximate surface area is 145 Å². The second-order valence-electron chi connectivity index (χ2n) is 6.79. The monoisotopic (exact) mass is 345 g/mol. The molecular formula is C17H23N5O3. The normalized spacial score (nSPS) is 24.0. The fourth-order valence-corrected chi connectivity index (χ4v) is 3.69. The summed E-state index contributed by atoms with van der Waals surface area (Å²) in [5.74, 6) is 1.75. The molecule has 25 heavy (non-hydrogen) atoms. The van der Waals surface area contributed by atoms with Crippen LogP contribution >= 0.6 is 0 Å². The van der Waals surface area contributed by atoms with Crippen molar-refractivity contribution >= 4 is 5.91 Å². The number of hydrogen-bond acceptors (Lipinski definition) is 6. The predicted octanol–water partition coefficient (Wildman–Crippen LogP) is 2.03. The second kappa shape index (κ2) is 7.35. The third-order valence-corrected chi connectivity index (χ3v) is 5.04. The van der Waals surface area contributed by atoms with Gasteiger partial charge in [0.1, 0.15) is 6.10 Å². The molecule has 8 heteroatoms. The van der Waals surface area contributed by atoms with Crippen LogP contribution in [-0.2, 0) is 16.0 Å². The highest BCUT2D eigenvalue weighted by atomic mass is 16.5. The highest BCUT2D eigenvalue weighted by Gasteiger charge is 2.31. The molecule has 1 aliphatic heterocycles. The summed E-state index contributed by atoms with van der Waals surface area (Å²) in [6, 6.07) is 1.84. The van der Waals surface area contributed by atoms with Gasteiger partial charge in [0.25, 0.3) is 0 Å². The molecule has 2 fully saturated rings. The van der Waals surface area contributed by atoms with Gasteiger partial charge < -0.3 is 14.6 Å². The van der Waals surface area contributed by atoms with Crippen LogP contribution in [-0.4, -0.2) is 38.9 Å². The van der Waals surface area contributed by atoms with Crippen molar-refractivity contribution < 1.29 is 14.1 Å². The van der Waals surface area contributed by atoms with Crippen molar-refractivity contribution in [3.8, 4) is 0 Å². The zero-order valence-corrected chi connectivity index (χ0v) is 14.1. The number of H-pyrrole nitrogens is 1. The molecule has 134 valence electrons. The largest absolute Gasteiger partial charge is 0.370 e. The predicted molar refractivity (Wildman–Crippen MR) is 87.7 cm³/mol. The van der Waals surface area contributed by atoms with E-state index in [1.807, 2.05) is 6.07 Å². The fourth-order valence-electron chi connectivity index (χ4n) is 3.69. The zero-order valence-electron chi connectivity index (χ0n) is 14.1. The molecule has 0 radical (unpaired) electrons. The molecule has 2 aromatic rings. The summed E-state index contributed by atoms with van der Waals surface area (Å²) in [5, 5.41) is 14.0. The number of aromatic amines is 1. The van der Waals surface area contributed by atoms with E-state index in [0.717, 1.165) is 30.8 Å². The molecule has 1 aliphatic carbocycles. The van der Waals surface area contributed by atoms with E-state index in [-0.39, 0.29) is 18.1 Å². The molecule has 1 amide bonds. The van der Waals surface area contributed by atoms with Gasteiger partial charge in [0.05, 0.1) is 11.7 Å². The van der Waals surface area contributed by atoms with Crippen LogP contribution in [0.5, 0.6) is 0 Å². The number of ether oxygens (including phenoxy) is 1. The maximum Gasteiger partial charge on any atom is 0.227 e. The topological polar surface area (TPSA) is 106 Å². The summed E-state index contributed by atoms with van der Waals surface area (Å²) in [4.78, 5) is 16.7. The van der Waals surface area contributed by atoms with Crippen molar-refractivity contribution in [2.24, 2.45) is 0 Å². The lowest BCUT2D eigenvalue weighted by Crippen LogP contribution is -2.37. The number of carbonyl (C=O) groups is 1. The van der Waals surface area contributed by atoms with Crippen LogP contribution in [0.4, 0.5) is 0 Å². The number of amides is 1. The van der Waals surface area contributed by atoms with Gasteiger partial charge >= 0.3 is 0 Å². The number of aromatic nitrogens is 4. The Balaban J connectivity index is 1.27. The summed E-state index contributed by atoms with van der Waals surface area (Å²) in [6.07, 6.45) is 7.85. The van der Waals surface area contributed by atoms with Crippen LogP contribution in [0, 0.1) is 0 Å². The number of nitrogens with one attached hydrogen (secondary N) is 2. The highest BCUT2D eigenvalue weighted by Crippen LogP contribution is 2.32. The van der Waals surface area contributed by atoms with E-state index in [1.165, 1.54) is 12.8 Å². The third kappa shape index (κ3) is 3.73. The van der Waals surface area contributed by atoms with Crippen molar-refractivity contribution in [1.29, 1.82) is 0 Å². The molecule has 2 aliphatic rings. The van der Waals surface area contributed by atoms with Gasteiger partial charge in [0.2, 0.25) is 11.8 Å². The number of carbonyl (C=O) groups excluding carboxylic acids is 1. The number of nitrogens with zero attached hydrogens (tertiary/aromatic N) is 3. The Morgan fingerprint density at radius 2 is 2.20 bits per heavy atom. The summed E-state index contributed by atoms with van der Waals surface area (Å²) in [5.41, 5.74) is 0.890. The number of aryl methyl sites for hydroxylation is 1. The molecule has 1 saturated heterocycles. The Morgan fingerprint density at radius 1 is 1.32 bits per heavy atom. The van der Waals surface area contributed by atoms with Crippen LogP contribution in [0.2, 0.25) is 0 Å².